The van der Waals surface area contributed by atoms with Crippen molar-refractivity contribution in [2.45, 2.75) is 77.2 Å². The Labute approximate surface area is 174 Å². The molecule has 0 spiro atoms. The van der Waals surface area contributed by atoms with Crippen LogP contribution in [0.1, 0.15) is 76.7 Å². The maximum atomic E-state index is 12.4. The molecule has 0 heterocycles. The average Bonchev–Trinajstić information content (AvgIpc) is 2.73. The summed E-state index contributed by atoms with van der Waals surface area (Å²) in [5.41, 5.74) is 0.746. The van der Waals surface area contributed by atoms with Crippen LogP contribution in [0.25, 0.3) is 6.08 Å². The molecule has 0 aliphatic heterocycles. The van der Waals surface area contributed by atoms with Crippen LogP contribution < -0.4 is 4.74 Å². The Hall–Kier alpha value is -2.14. The molecule has 0 aromatic heterocycles. The van der Waals surface area contributed by atoms with Gasteiger partial charge in [0.15, 0.2) is 0 Å². The minimum Gasteiger partial charge on any atom is -0.478 e. The van der Waals surface area contributed by atoms with Crippen molar-refractivity contribution in [2.75, 3.05) is 6.61 Å². The molecule has 0 atom stereocenters. The number of ether oxygens (including phenoxy) is 2. The molecule has 0 saturated heterocycles. The van der Waals surface area contributed by atoms with Crippen LogP contribution in [0.5, 0.6) is 5.75 Å². The number of carbonyl (C=O) groups excluding carboxylic acids is 1. The van der Waals surface area contributed by atoms with Gasteiger partial charge in [0.25, 0.3) is 0 Å². The van der Waals surface area contributed by atoms with Gasteiger partial charge in [-0.15, -0.1) is 0 Å². The van der Waals surface area contributed by atoms with Crippen LogP contribution in [0, 0.1) is 5.92 Å². The lowest BCUT2D eigenvalue weighted by atomic mass is 9.87. The van der Waals surface area contributed by atoms with Gasteiger partial charge in [0.05, 0.1) is 12.0 Å². The molecular formula is C24H34O5. The summed E-state index contributed by atoms with van der Waals surface area (Å²) in [6, 6.07) is 6.84. The minimum atomic E-state index is -0.993. The largest absolute Gasteiger partial charge is 0.478 e. The van der Waals surface area contributed by atoms with E-state index >= 15 is 0 Å². The molecule has 160 valence electrons. The van der Waals surface area contributed by atoms with E-state index < -0.39 is 5.97 Å². The number of carbonyl (C=O) groups is 2. The third-order valence-electron chi connectivity index (χ3n) is 5.38. The molecule has 1 aliphatic carbocycles. The van der Waals surface area contributed by atoms with E-state index in [4.69, 9.17) is 14.6 Å². The van der Waals surface area contributed by atoms with Crippen molar-refractivity contribution in [3.05, 3.63) is 35.9 Å². The number of aliphatic carboxylic acids is 1. The second-order valence-corrected chi connectivity index (χ2v) is 7.77. The van der Waals surface area contributed by atoms with Gasteiger partial charge >= 0.3 is 11.9 Å². The van der Waals surface area contributed by atoms with Gasteiger partial charge in [-0.25, -0.2) is 4.79 Å². The molecule has 1 aromatic rings. The molecule has 1 saturated carbocycles. The maximum Gasteiger partial charge on any atom is 0.328 e. The molecular weight excluding hydrogens is 368 g/mol. The SMILES string of the molecule is CCCCCCCCOC1CCC(C(=O)Oc2ccc(C=CC(=O)O)cc2)CC1. The van der Waals surface area contributed by atoms with Crippen molar-refractivity contribution >= 4 is 18.0 Å². The molecule has 0 unspecified atom stereocenters. The summed E-state index contributed by atoms with van der Waals surface area (Å²) in [5.74, 6) is -0.764. The monoisotopic (exact) mass is 402 g/mol. The number of hydrogen-bond donors (Lipinski definition) is 1. The van der Waals surface area contributed by atoms with Crippen molar-refractivity contribution < 1.29 is 24.2 Å². The zero-order chi connectivity index (χ0) is 20.9. The van der Waals surface area contributed by atoms with Crippen LogP contribution in [-0.2, 0) is 14.3 Å². The predicted octanol–water partition coefficient (Wildman–Crippen LogP) is 5.63. The number of benzene rings is 1. The summed E-state index contributed by atoms with van der Waals surface area (Å²) in [6.07, 6.45) is 13.9. The Morgan fingerprint density at radius 3 is 2.31 bits per heavy atom. The standard InChI is InChI=1S/C24H34O5/c1-2-3-4-5-6-7-18-28-21-15-11-20(12-16-21)24(27)29-22-13-8-19(9-14-22)10-17-23(25)26/h8-10,13-14,17,20-21H,2-7,11-12,15-16,18H2,1H3,(H,25,26). The number of carboxylic acids is 1. The first kappa shape index (κ1) is 23.1. The predicted molar refractivity (Wildman–Crippen MR) is 114 cm³/mol. The van der Waals surface area contributed by atoms with E-state index in [0.29, 0.717) is 5.75 Å². The van der Waals surface area contributed by atoms with E-state index in [9.17, 15) is 9.59 Å². The molecule has 1 N–H and O–H groups in total. The Morgan fingerprint density at radius 2 is 1.66 bits per heavy atom. The van der Waals surface area contributed by atoms with Gasteiger partial charge in [0, 0.05) is 12.7 Å². The first-order valence-electron chi connectivity index (χ1n) is 10.9. The van der Waals surface area contributed by atoms with Crippen molar-refractivity contribution in [3.63, 3.8) is 0 Å². The molecule has 0 radical (unpaired) electrons. The smallest absolute Gasteiger partial charge is 0.328 e. The minimum absolute atomic E-state index is 0.0736. The Kier molecular flexibility index (Phi) is 10.5. The average molecular weight is 403 g/mol. The highest BCUT2D eigenvalue weighted by atomic mass is 16.5. The van der Waals surface area contributed by atoms with E-state index in [1.165, 1.54) is 38.2 Å². The number of esters is 1. The molecule has 2 rings (SSSR count). The lowest BCUT2D eigenvalue weighted by Crippen LogP contribution is -2.29. The fourth-order valence-electron chi connectivity index (χ4n) is 3.61. The normalized spacial score (nSPS) is 19.3. The second-order valence-electron chi connectivity index (χ2n) is 7.77. The van der Waals surface area contributed by atoms with Gasteiger partial charge in [0.2, 0.25) is 0 Å². The number of rotatable bonds is 12. The summed E-state index contributed by atoms with van der Waals surface area (Å²) in [7, 11) is 0. The van der Waals surface area contributed by atoms with Crippen molar-refractivity contribution in [2.24, 2.45) is 5.92 Å². The van der Waals surface area contributed by atoms with Gasteiger partial charge in [0.1, 0.15) is 5.75 Å². The van der Waals surface area contributed by atoms with Crippen LogP contribution >= 0.6 is 0 Å². The van der Waals surface area contributed by atoms with Gasteiger partial charge in [-0.3, -0.25) is 4.79 Å². The highest BCUT2D eigenvalue weighted by molar-refractivity contribution is 5.85. The van der Waals surface area contributed by atoms with E-state index in [1.54, 1.807) is 24.3 Å². The van der Waals surface area contributed by atoms with E-state index in [0.717, 1.165) is 50.4 Å². The summed E-state index contributed by atoms with van der Waals surface area (Å²) >= 11 is 0. The number of hydrogen-bond acceptors (Lipinski definition) is 4. The second kappa shape index (κ2) is 13.2. The van der Waals surface area contributed by atoms with Gasteiger partial charge in [-0.1, -0.05) is 51.2 Å². The van der Waals surface area contributed by atoms with Crippen LogP contribution in [-0.4, -0.2) is 29.8 Å². The Morgan fingerprint density at radius 1 is 1.00 bits per heavy atom. The van der Waals surface area contributed by atoms with Crippen molar-refractivity contribution in [1.29, 1.82) is 0 Å². The highest BCUT2D eigenvalue weighted by Gasteiger charge is 2.28. The third kappa shape index (κ3) is 9.27. The van der Waals surface area contributed by atoms with Crippen LogP contribution in [0.3, 0.4) is 0 Å². The third-order valence-corrected chi connectivity index (χ3v) is 5.38. The fraction of sp³-hybridized carbons (Fsp3) is 0.583. The number of carboxylic acid groups (broad SMARTS) is 1. The molecule has 1 aliphatic rings. The van der Waals surface area contributed by atoms with E-state index in [2.05, 4.69) is 6.92 Å². The Balaban J connectivity index is 1.63. The summed E-state index contributed by atoms with van der Waals surface area (Å²) in [5, 5.41) is 8.65. The van der Waals surface area contributed by atoms with Crippen LogP contribution in [0.2, 0.25) is 0 Å². The van der Waals surface area contributed by atoms with Crippen molar-refractivity contribution in [3.8, 4) is 5.75 Å². The van der Waals surface area contributed by atoms with E-state index in [1.807, 2.05) is 0 Å². The molecule has 1 aromatic carbocycles. The van der Waals surface area contributed by atoms with Gasteiger partial charge < -0.3 is 14.6 Å². The van der Waals surface area contributed by atoms with Gasteiger partial charge in [-0.2, -0.15) is 0 Å². The Bertz CT molecular complexity index is 642. The van der Waals surface area contributed by atoms with Crippen LogP contribution in [0.4, 0.5) is 0 Å². The summed E-state index contributed by atoms with van der Waals surface area (Å²) in [4.78, 5) is 22.9. The number of unbranched alkanes of at least 4 members (excludes halogenated alkanes) is 5. The van der Waals surface area contributed by atoms with Gasteiger partial charge in [-0.05, 0) is 55.9 Å². The zero-order valence-corrected chi connectivity index (χ0v) is 17.5. The molecule has 5 heteroatoms. The molecule has 5 nitrogen and oxygen atoms in total. The quantitative estimate of drug-likeness (QED) is 0.212. The van der Waals surface area contributed by atoms with Crippen molar-refractivity contribution in [1.82, 2.24) is 0 Å². The first-order chi connectivity index (χ1) is 14.1. The van der Waals surface area contributed by atoms with Crippen LogP contribution in [0.15, 0.2) is 30.3 Å². The first-order valence-corrected chi connectivity index (χ1v) is 10.9. The summed E-state index contributed by atoms with van der Waals surface area (Å²) in [6.45, 7) is 3.06. The lowest BCUT2D eigenvalue weighted by molar-refractivity contribution is -0.141. The molecule has 0 amide bonds. The highest BCUT2D eigenvalue weighted by Crippen LogP contribution is 2.28. The molecule has 1 fully saturated rings. The molecule has 0 bridgehead atoms. The fourth-order valence-corrected chi connectivity index (χ4v) is 3.61. The molecule has 29 heavy (non-hydrogen) atoms. The zero-order valence-electron chi connectivity index (χ0n) is 17.5. The van der Waals surface area contributed by atoms with E-state index in [-0.39, 0.29) is 18.0 Å². The topological polar surface area (TPSA) is 72.8 Å². The maximum absolute atomic E-state index is 12.4. The summed E-state index contributed by atoms with van der Waals surface area (Å²) < 4.78 is 11.5. The lowest BCUT2D eigenvalue weighted by Gasteiger charge is -2.27.